The van der Waals surface area contributed by atoms with Gasteiger partial charge in [-0.1, -0.05) is 0 Å². The fourth-order valence-corrected chi connectivity index (χ4v) is 4.29. The number of nitrogens with zero attached hydrogens (tertiary/aromatic N) is 2. The van der Waals surface area contributed by atoms with E-state index in [1.165, 1.54) is 7.11 Å². The molecular formula is C21H30BrN5O4. The topological polar surface area (TPSA) is 109 Å². The lowest BCUT2D eigenvalue weighted by Crippen LogP contribution is -2.59. The van der Waals surface area contributed by atoms with E-state index >= 15 is 0 Å². The molecule has 0 aliphatic carbocycles. The maximum atomic E-state index is 13.5. The van der Waals surface area contributed by atoms with E-state index in [4.69, 9.17) is 9.47 Å². The average molecular weight is 496 g/mol. The molecule has 0 spiro atoms. The lowest BCUT2D eigenvalue weighted by Gasteiger charge is -2.44. The molecule has 3 rings (SSSR count). The predicted molar refractivity (Wildman–Crippen MR) is 124 cm³/mol. The number of piperidine rings is 1. The Labute approximate surface area is 190 Å². The van der Waals surface area contributed by atoms with Crippen LogP contribution in [0.15, 0.2) is 16.9 Å². The molecule has 3 heterocycles. The Morgan fingerprint density at radius 2 is 2.13 bits per heavy atom. The van der Waals surface area contributed by atoms with Gasteiger partial charge < -0.3 is 25.1 Å². The fourth-order valence-electron chi connectivity index (χ4n) is 3.81. The van der Waals surface area contributed by atoms with Gasteiger partial charge in [-0.05, 0) is 63.0 Å². The number of carbonyl (C=O) groups excluding carboxylic acids is 2. The van der Waals surface area contributed by atoms with Crippen LogP contribution in [0.5, 0.6) is 0 Å². The van der Waals surface area contributed by atoms with Gasteiger partial charge in [0.05, 0.1) is 26.8 Å². The van der Waals surface area contributed by atoms with Gasteiger partial charge in [-0.2, -0.15) is 0 Å². The minimum absolute atomic E-state index is 0.0825. The van der Waals surface area contributed by atoms with E-state index in [-0.39, 0.29) is 12.5 Å². The van der Waals surface area contributed by atoms with E-state index in [2.05, 4.69) is 36.5 Å². The van der Waals surface area contributed by atoms with Crippen molar-refractivity contribution in [3.63, 3.8) is 0 Å². The summed E-state index contributed by atoms with van der Waals surface area (Å²) < 4.78 is 11.4. The first-order valence-electron chi connectivity index (χ1n) is 10.2. The molecule has 0 saturated carbocycles. The van der Waals surface area contributed by atoms with Crippen molar-refractivity contribution >= 4 is 50.3 Å². The number of anilines is 2. The minimum atomic E-state index is -0.667. The molecule has 1 atom stereocenters. The second-order valence-corrected chi connectivity index (χ2v) is 9.81. The maximum Gasteiger partial charge on any atom is 0.415 e. The van der Waals surface area contributed by atoms with Gasteiger partial charge in [0.15, 0.2) is 0 Å². The van der Waals surface area contributed by atoms with Crippen molar-refractivity contribution in [1.82, 2.24) is 15.3 Å². The molecule has 170 valence electrons. The van der Waals surface area contributed by atoms with Crippen LogP contribution in [0.25, 0.3) is 11.0 Å². The molecule has 31 heavy (non-hydrogen) atoms. The minimum Gasteiger partial charge on any atom is -0.443 e. The first-order valence-corrected chi connectivity index (χ1v) is 11.0. The van der Waals surface area contributed by atoms with E-state index in [9.17, 15) is 9.59 Å². The molecule has 2 aromatic heterocycles. The van der Waals surface area contributed by atoms with E-state index in [0.717, 1.165) is 19.4 Å². The monoisotopic (exact) mass is 495 g/mol. The van der Waals surface area contributed by atoms with Crippen LogP contribution in [0, 0.1) is 0 Å². The van der Waals surface area contributed by atoms with Crippen molar-refractivity contribution in [2.75, 3.05) is 37.0 Å². The number of halogens is 1. The Balaban J connectivity index is 2.18. The SMILES string of the molecule is COCC(=O)Nc1c[nH]c2ncc(Br)c(N(C(=O)OC(C)(C)C)C3(C)CCCNC3)c12. The second-order valence-electron chi connectivity index (χ2n) is 8.95. The number of aromatic amines is 1. The van der Waals surface area contributed by atoms with Gasteiger partial charge in [-0.25, -0.2) is 9.78 Å². The van der Waals surface area contributed by atoms with Gasteiger partial charge >= 0.3 is 6.09 Å². The van der Waals surface area contributed by atoms with Crippen molar-refractivity contribution in [2.45, 2.75) is 51.7 Å². The maximum absolute atomic E-state index is 13.5. The standard InChI is InChI=1S/C21H30BrN5O4/c1-20(2,3)31-19(29)27(21(4)7-6-8-23-12-21)17-13(22)9-24-18-16(17)14(10-25-18)26-15(28)11-30-5/h9-10,23H,6-8,11-12H2,1-5H3,(H,24,25)(H,26,28). The Kier molecular flexibility index (Phi) is 6.92. The second kappa shape index (κ2) is 9.13. The molecule has 9 nitrogen and oxygen atoms in total. The van der Waals surface area contributed by atoms with E-state index in [1.807, 2.05) is 27.7 Å². The Hall–Kier alpha value is -2.17. The smallest absolute Gasteiger partial charge is 0.415 e. The largest absolute Gasteiger partial charge is 0.443 e. The zero-order chi connectivity index (χ0) is 22.8. The molecule has 0 aromatic carbocycles. The first kappa shape index (κ1) is 23.5. The van der Waals surface area contributed by atoms with Crippen molar-refractivity contribution in [3.8, 4) is 0 Å². The van der Waals surface area contributed by atoms with Crippen LogP contribution in [0.2, 0.25) is 0 Å². The molecule has 1 aliphatic heterocycles. The highest BCUT2D eigenvalue weighted by Gasteiger charge is 2.42. The van der Waals surface area contributed by atoms with Crippen molar-refractivity contribution in [2.24, 2.45) is 0 Å². The highest BCUT2D eigenvalue weighted by molar-refractivity contribution is 9.10. The van der Waals surface area contributed by atoms with Crippen molar-refractivity contribution < 1.29 is 19.1 Å². The number of hydrogen-bond donors (Lipinski definition) is 3. The highest BCUT2D eigenvalue weighted by Crippen LogP contribution is 2.42. The lowest BCUT2D eigenvalue weighted by molar-refractivity contribution is -0.119. The fraction of sp³-hybridized carbons (Fsp3) is 0.571. The lowest BCUT2D eigenvalue weighted by atomic mass is 9.89. The van der Waals surface area contributed by atoms with Gasteiger partial charge in [0.25, 0.3) is 0 Å². The molecule has 0 radical (unpaired) electrons. The number of hydrogen-bond acceptors (Lipinski definition) is 6. The summed E-state index contributed by atoms with van der Waals surface area (Å²) in [6.07, 6.45) is 4.57. The summed E-state index contributed by atoms with van der Waals surface area (Å²) in [7, 11) is 1.46. The molecular weight excluding hydrogens is 466 g/mol. The number of aromatic nitrogens is 2. The van der Waals surface area contributed by atoms with Crippen LogP contribution in [-0.4, -0.2) is 59.9 Å². The van der Waals surface area contributed by atoms with E-state index < -0.39 is 17.2 Å². The predicted octanol–water partition coefficient (Wildman–Crippen LogP) is 3.79. The molecule has 10 heteroatoms. The molecule has 3 N–H and O–H groups in total. The molecule has 0 bridgehead atoms. The van der Waals surface area contributed by atoms with E-state index in [0.29, 0.717) is 33.4 Å². The van der Waals surface area contributed by atoms with E-state index in [1.54, 1.807) is 17.3 Å². The summed E-state index contributed by atoms with van der Waals surface area (Å²) in [5, 5.41) is 6.86. The third kappa shape index (κ3) is 5.19. The van der Waals surface area contributed by atoms with Crippen LogP contribution >= 0.6 is 15.9 Å². The molecule has 1 unspecified atom stereocenters. The van der Waals surface area contributed by atoms with Gasteiger partial charge in [0.2, 0.25) is 5.91 Å². The Morgan fingerprint density at radius 3 is 2.74 bits per heavy atom. The normalized spacial score (nSPS) is 19.3. The number of nitrogens with one attached hydrogen (secondary N) is 3. The molecule has 1 saturated heterocycles. The number of fused-ring (bicyclic) bond motifs is 1. The summed E-state index contributed by atoms with van der Waals surface area (Å²) in [6.45, 7) is 8.99. The zero-order valence-corrected chi connectivity index (χ0v) is 20.2. The van der Waals surface area contributed by atoms with Gasteiger partial charge in [0, 0.05) is 26.0 Å². The first-order chi connectivity index (χ1) is 14.6. The highest BCUT2D eigenvalue weighted by atomic mass is 79.9. The van der Waals surface area contributed by atoms with Crippen LogP contribution < -0.4 is 15.5 Å². The quantitative estimate of drug-likeness (QED) is 0.581. The van der Waals surface area contributed by atoms with Crippen LogP contribution in [0.1, 0.15) is 40.5 Å². The number of rotatable bonds is 5. The summed E-state index contributed by atoms with van der Waals surface area (Å²) in [5.41, 5.74) is 0.454. The molecule has 1 fully saturated rings. The summed E-state index contributed by atoms with van der Waals surface area (Å²) in [5.74, 6) is -0.302. The number of H-pyrrole nitrogens is 1. The average Bonchev–Trinajstić information content (AvgIpc) is 3.06. The van der Waals surface area contributed by atoms with Crippen LogP contribution in [0.3, 0.4) is 0 Å². The number of amides is 2. The summed E-state index contributed by atoms with van der Waals surface area (Å²) in [6, 6.07) is 0. The molecule has 2 aromatic rings. The summed E-state index contributed by atoms with van der Waals surface area (Å²) in [4.78, 5) is 34.9. The van der Waals surface area contributed by atoms with Crippen LogP contribution in [0.4, 0.5) is 16.2 Å². The molecule has 1 aliphatic rings. The Bertz CT molecular complexity index is 963. The zero-order valence-electron chi connectivity index (χ0n) is 18.6. The summed E-state index contributed by atoms with van der Waals surface area (Å²) >= 11 is 3.59. The molecule has 2 amide bonds. The van der Waals surface area contributed by atoms with Crippen molar-refractivity contribution in [1.29, 1.82) is 0 Å². The number of methoxy groups -OCH3 is 1. The third-order valence-corrected chi connectivity index (χ3v) is 5.67. The van der Waals surface area contributed by atoms with Crippen LogP contribution in [-0.2, 0) is 14.3 Å². The number of ether oxygens (including phenoxy) is 2. The van der Waals surface area contributed by atoms with Gasteiger partial charge in [-0.3, -0.25) is 9.69 Å². The van der Waals surface area contributed by atoms with Gasteiger partial charge in [-0.15, -0.1) is 0 Å². The Morgan fingerprint density at radius 1 is 1.39 bits per heavy atom. The van der Waals surface area contributed by atoms with Gasteiger partial charge in [0.1, 0.15) is 17.9 Å². The third-order valence-electron chi connectivity index (χ3n) is 5.09. The number of carbonyl (C=O) groups is 2. The number of pyridine rings is 1. The van der Waals surface area contributed by atoms with Crippen molar-refractivity contribution in [3.05, 3.63) is 16.9 Å².